The first-order valence-corrected chi connectivity index (χ1v) is 9.15. The number of nitrogens with one attached hydrogen (secondary N) is 2. The van der Waals surface area contributed by atoms with Gasteiger partial charge in [0.15, 0.2) is 16.6 Å². The van der Waals surface area contributed by atoms with Crippen LogP contribution in [0.3, 0.4) is 0 Å². The third-order valence-corrected chi connectivity index (χ3v) is 4.85. The lowest BCUT2D eigenvalue weighted by atomic mass is 10.1. The van der Waals surface area contributed by atoms with Gasteiger partial charge in [0.25, 0.3) is 5.91 Å². The third-order valence-electron chi connectivity index (χ3n) is 4.09. The van der Waals surface area contributed by atoms with Crippen LogP contribution in [0.25, 0.3) is 0 Å². The Morgan fingerprint density at radius 1 is 1.14 bits per heavy atom. The van der Waals surface area contributed by atoms with E-state index in [9.17, 15) is 9.59 Å². The maximum atomic E-state index is 12.5. The zero-order valence-electron chi connectivity index (χ0n) is 14.7. The number of benzene rings is 2. The second-order valence-electron chi connectivity index (χ2n) is 6.02. The molecule has 4 rings (SSSR count). The van der Waals surface area contributed by atoms with Crippen LogP contribution in [0.15, 0.2) is 41.8 Å². The zero-order valence-corrected chi connectivity index (χ0v) is 15.5. The number of fused-ring (bicyclic) bond motifs is 1. The van der Waals surface area contributed by atoms with Gasteiger partial charge in [-0.25, -0.2) is 9.78 Å². The Morgan fingerprint density at radius 3 is 2.79 bits per heavy atom. The van der Waals surface area contributed by atoms with Gasteiger partial charge in [0.1, 0.15) is 5.69 Å². The van der Waals surface area contributed by atoms with Crippen LogP contribution in [0.1, 0.15) is 26.4 Å². The van der Waals surface area contributed by atoms with Crippen molar-refractivity contribution >= 4 is 39.7 Å². The Hall–Kier alpha value is -3.59. The van der Waals surface area contributed by atoms with Crippen molar-refractivity contribution in [1.82, 2.24) is 4.98 Å². The molecule has 0 aliphatic carbocycles. The number of aromatic carboxylic acids is 1. The van der Waals surface area contributed by atoms with Crippen LogP contribution in [-0.4, -0.2) is 28.8 Å². The molecule has 8 nitrogen and oxygen atoms in total. The van der Waals surface area contributed by atoms with Gasteiger partial charge < -0.3 is 25.2 Å². The first-order valence-electron chi connectivity index (χ1n) is 8.27. The standard InChI is InChI=1S/C19H15N3O5S/c1-10-2-3-11(18(24)25)6-13(10)21-17(23)14-8-28-19(22-14)20-12-4-5-15-16(7-12)27-9-26-15/h2-8H,9H2,1H3,(H,20,22)(H,21,23)(H,24,25). The number of anilines is 3. The predicted molar refractivity (Wildman–Crippen MR) is 104 cm³/mol. The van der Waals surface area contributed by atoms with Gasteiger partial charge in [-0.05, 0) is 36.8 Å². The Kier molecular flexibility index (Phi) is 4.58. The monoisotopic (exact) mass is 397 g/mol. The normalized spacial score (nSPS) is 11.9. The number of carboxylic acid groups (broad SMARTS) is 1. The second-order valence-corrected chi connectivity index (χ2v) is 6.88. The van der Waals surface area contributed by atoms with Gasteiger partial charge in [0, 0.05) is 22.8 Å². The van der Waals surface area contributed by atoms with Crippen LogP contribution in [0.2, 0.25) is 0 Å². The molecule has 1 aromatic heterocycles. The molecule has 0 spiro atoms. The van der Waals surface area contributed by atoms with Crippen LogP contribution < -0.4 is 20.1 Å². The van der Waals surface area contributed by atoms with E-state index in [4.69, 9.17) is 14.6 Å². The molecule has 1 amide bonds. The third kappa shape index (κ3) is 3.60. The smallest absolute Gasteiger partial charge is 0.335 e. The van der Waals surface area contributed by atoms with Gasteiger partial charge in [-0.15, -0.1) is 11.3 Å². The number of nitrogens with zero attached hydrogens (tertiary/aromatic N) is 1. The van der Waals surface area contributed by atoms with Crippen LogP contribution in [0, 0.1) is 6.92 Å². The number of hydrogen-bond donors (Lipinski definition) is 3. The van der Waals surface area contributed by atoms with E-state index in [0.29, 0.717) is 22.3 Å². The van der Waals surface area contributed by atoms with E-state index in [1.54, 1.807) is 30.5 Å². The van der Waals surface area contributed by atoms with Gasteiger partial charge in [-0.1, -0.05) is 6.07 Å². The van der Waals surface area contributed by atoms with Gasteiger partial charge in [-0.3, -0.25) is 4.79 Å². The molecule has 0 bridgehead atoms. The summed E-state index contributed by atoms with van der Waals surface area (Å²) in [6, 6.07) is 9.98. The van der Waals surface area contributed by atoms with E-state index in [0.717, 1.165) is 11.3 Å². The van der Waals surface area contributed by atoms with E-state index < -0.39 is 11.9 Å². The number of hydrogen-bond acceptors (Lipinski definition) is 7. The number of ether oxygens (including phenoxy) is 2. The minimum absolute atomic E-state index is 0.101. The molecule has 0 fully saturated rings. The van der Waals surface area contributed by atoms with Crippen molar-refractivity contribution in [3.63, 3.8) is 0 Å². The van der Waals surface area contributed by atoms with Gasteiger partial charge in [0.2, 0.25) is 6.79 Å². The highest BCUT2D eigenvalue weighted by molar-refractivity contribution is 7.14. The average Bonchev–Trinajstić information content (AvgIpc) is 3.32. The largest absolute Gasteiger partial charge is 0.478 e. The Morgan fingerprint density at radius 2 is 1.96 bits per heavy atom. The maximum absolute atomic E-state index is 12.5. The van der Waals surface area contributed by atoms with Crippen molar-refractivity contribution < 1.29 is 24.2 Å². The molecule has 142 valence electrons. The summed E-state index contributed by atoms with van der Waals surface area (Å²) in [6.07, 6.45) is 0. The lowest BCUT2D eigenvalue weighted by molar-refractivity contribution is 0.0696. The van der Waals surface area contributed by atoms with Crippen LogP contribution in [-0.2, 0) is 0 Å². The molecule has 2 heterocycles. The highest BCUT2D eigenvalue weighted by Crippen LogP contribution is 2.35. The lowest BCUT2D eigenvalue weighted by Crippen LogP contribution is -2.14. The van der Waals surface area contributed by atoms with Gasteiger partial charge in [0.05, 0.1) is 5.56 Å². The number of aromatic nitrogens is 1. The summed E-state index contributed by atoms with van der Waals surface area (Å²) in [5.41, 5.74) is 2.28. The summed E-state index contributed by atoms with van der Waals surface area (Å²) in [6.45, 7) is 1.98. The van der Waals surface area contributed by atoms with Gasteiger partial charge in [-0.2, -0.15) is 0 Å². The van der Waals surface area contributed by atoms with Crippen molar-refractivity contribution in [3.05, 3.63) is 58.6 Å². The number of carbonyl (C=O) groups excluding carboxylic acids is 1. The predicted octanol–water partition coefficient (Wildman–Crippen LogP) is 3.87. The van der Waals surface area contributed by atoms with E-state index in [-0.39, 0.29) is 18.1 Å². The molecular formula is C19H15N3O5S. The number of amides is 1. The number of carboxylic acids is 1. The number of carbonyl (C=O) groups is 2. The van der Waals surface area contributed by atoms with Crippen LogP contribution >= 0.6 is 11.3 Å². The molecule has 28 heavy (non-hydrogen) atoms. The summed E-state index contributed by atoms with van der Waals surface area (Å²) in [7, 11) is 0. The van der Waals surface area contributed by atoms with Crippen molar-refractivity contribution in [2.75, 3.05) is 17.4 Å². The van der Waals surface area contributed by atoms with Crippen LogP contribution in [0.5, 0.6) is 11.5 Å². The molecular weight excluding hydrogens is 382 g/mol. The molecule has 0 radical (unpaired) electrons. The fourth-order valence-electron chi connectivity index (χ4n) is 2.61. The molecule has 0 atom stereocenters. The summed E-state index contributed by atoms with van der Waals surface area (Å²) in [5, 5.41) is 17.1. The van der Waals surface area contributed by atoms with E-state index in [1.165, 1.54) is 23.5 Å². The first-order chi connectivity index (χ1) is 13.5. The molecule has 3 aromatic rings. The fourth-order valence-corrected chi connectivity index (χ4v) is 3.32. The highest BCUT2D eigenvalue weighted by Gasteiger charge is 2.16. The molecule has 0 saturated heterocycles. The van der Waals surface area contributed by atoms with Gasteiger partial charge >= 0.3 is 5.97 Å². The van der Waals surface area contributed by atoms with Crippen molar-refractivity contribution in [2.24, 2.45) is 0 Å². The Balaban J connectivity index is 1.47. The van der Waals surface area contributed by atoms with Crippen molar-refractivity contribution in [2.45, 2.75) is 6.92 Å². The minimum Gasteiger partial charge on any atom is -0.478 e. The molecule has 3 N–H and O–H groups in total. The number of rotatable bonds is 5. The molecule has 1 aliphatic heterocycles. The summed E-state index contributed by atoms with van der Waals surface area (Å²) in [5.74, 6) is -0.142. The average molecular weight is 397 g/mol. The van der Waals surface area contributed by atoms with E-state index in [1.807, 2.05) is 6.07 Å². The molecule has 9 heteroatoms. The first kappa shape index (κ1) is 17.8. The SMILES string of the molecule is Cc1ccc(C(=O)O)cc1NC(=O)c1csc(Nc2ccc3c(c2)OCO3)n1. The maximum Gasteiger partial charge on any atom is 0.335 e. The van der Waals surface area contributed by atoms with E-state index >= 15 is 0 Å². The summed E-state index contributed by atoms with van der Waals surface area (Å²) >= 11 is 1.28. The Labute approximate surface area is 163 Å². The molecule has 0 saturated carbocycles. The van der Waals surface area contributed by atoms with E-state index in [2.05, 4.69) is 15.6 Å². The molecule has 0 unspecified atom stereocenters. The summed E-state index contributed by atoms with van der Waals surface area (Å²) < 4.78 is 10.6. The zero-order chi connectivity index (χ0) is 19.7. The quantitative estimate of drug-likeness (QED) is 0.599. The number of thiazole rings is 1. The topological polar surface area (TPSA) is 110 Å². The highest BCUT2D eigenvalue weighted by atomic mass is 32.1. The summed E-state index contributed by atoms with van der Waals surface area (Å²) in [4.78, 5) is 27.9. The minimum atomic E-state index is -1.06. The lowest BCUT2D eigenvalue weighted by Gasteiger charge is -2.08. The Bertz CT molecular complexity index is 1080. The second kappa shape index (κ2) is 7.20. The number of aryl methyl sites for hydroxylation is 1. The van der Waals surface area contributed by atoms with Crippen molar-refractivity contribution in [3.8, 4) is 11.5 Å². The molecule has 2 aromatic carbocycles. The molecule has 1 aliphatic rings. The van der Waals surface area contributed by atoms with Crippen LogP contribution in [0.4, 0.5) is 16.5 Å². The van der Waals surface area contributed by atoms with Crippen molar-refractivity contribution in [1.29, 1.82) is 0 Å². The fraction of sp³-hybridized carbons (Fsp3) is 0.105.